The first-order valence-electron chi connectivity index (χ1n) is 6.69. The van der Waals surface area contributed by atoms with Crippen LogP contribution in [0.2, 0.25) is 0 Å². The third kappa shape index (κ3) is 7.47. The zero-order chi connectivity index (χ0) is 13.9. The molecule has 1 aromatic carbocycles. The van der Waals surface area contributed by atoms with Gasteiger partial charge in [-0.2, -0.15) is 0 Å². The number of benzene rings is 1. The normalized spacial score (nSPS) is 10.2. The van der Waals surface area contributed by atoms with Crippen LogP contribution in [0.15, 0.2) is 24.3 Å². The number of rotatable bonds is 9. The molecular formula is C15H23NO3. The van der Waals surface area contributed by atoms with E-state index in [2.05, 4.69) is 17.4 Å². The van der Waals surface area contributed by atoms with Crippen molar-refractivity contribution < 1.29 is 14.3 Å². The van der Waals surface area contributed by atoms with Crippen LogP contribution < -0.4 is 10.1 Å². The second-order valence-corrected chi connectivity index (χ2v) is 4.43. The predicted molar refractivity (Wildman–Crippen MR) is 75.2 cm³/mol. The Kier molecular flexibility index (Phi) is 7.66. The molecule has 1 N–H and O–H groups in total. The third-order valence-corrected chi connectivity index (χ3v) is 2.79. The van der Waals surface area contributed by atoms with Crippen LogP contribution in [-0.4, -0.2) is 26.2 Å². The number of carbonyl (C=O) groups excluding carboxylic acids is 1. The lowest BCUT2D eigenvalue weighted by Gasteiger charge is -2.06. The van der Waals surface area contributed by atoms with Crippen molar-refractivity contribution in [2.24, 2.45) is 0 Å². The van der Waals surface area contributed by atoms with Crippen LogP contribution in [0.1, 0.15) is 31.7 Å². The fourth-order valence-corrected chi connectivity index (χ4v) is 1.72. The van der Waals surface area contributed by atoms with Crippen molar-refractivity contribution in [2.75, 3.05) is 20.3 Å². The summed E-state index contributed by atoms with van der Waals surface area (Å²) in [5, 5.41) is 3.39. The van der Waals surface area contributed by atoms with Gasteiger partial charge in [0, 0.05) is 13.5 Å². The highest BCUT2D eigenvalue weighted by molar-refractivity contribution is 5.65. The summed E-state index contributed by atoms with van der Waals surface area (Å²) in [6, 6.07) is 8.06. The molecule has 1 aromatic rings. The van der Waals surface area contributed by atoms with Gasteiger partial charge in [0.15, 0.2) is 0 Å². The second-order valence-electron chi connectivity index (χ2n) is 4.43. The molecule has 1 rings (SSSR count). The number of esters is 1. The highest BCUT2D eigenvalue weighted by atomic mass is 16.5. The van der Waals surface area contributed by atoms with Crippen molar-refractivity contribution in [3.63, 3.8) is 0 Å². The maximum Gasteiger partial charge on any atom is 0.302 e. The summed E-state index contributed by atoms with van der Waals surface area (Å²) in [4.78, 5) is 10.5. The molecule has 19 heavy (non-hydrogen) atoms. The maximum atomic E-state index is 10.5. The van der Waals surface area contributed by atoms with E-state index < -0.39 is 0 Å². The molecule has 106 valence electrons. The minimum absolute atomic E-state index is 0.197. The van der Waals surface area contributed by atoms with Gasteiger partial charge in [0.05, 0.1) is 13.7 Å². The molecule has 0 aliphatic rings. The van der Waals surface area contributed by atoms with Crippen LogP contribution in [0.3, 0.4) is 0 Å². The Balaban J connectivity index is 1.99. The van der Waals surface area contributed by atoms with Gasteiger partial charge >= 0.3 is 5.97 Å². The molecule has 0 aliphatic carbocycles. The number of methoxy groups -OCH3 is 1. The SMILES string of the molecule is COc1ccc(CNCCCCCOC(C)=O)cc1. The van der Waals surface area contributed by atoms with Gasteiger partial charge in [-0.05, 0) is 43.5 Å². The van der Waals surface area contributed by atoms with E-state index >= 15 is 0 Å². The first kappa shape index (κ1) is 15.5. The van der Waals surface area contributed by atoms with Crippen LogP contribution in [0.5, 0.6) is 5.75 Å². The molecule has 0 fully saturated rings. The Bertz CT molecular complexity index is 362. The van der Waals surface area contributed by atoms with Crippen molar-refractivity contribution in [3.05, 3.63) is 29.8 Å². The molecule has 0 bridgehead atoms. The predicted octanol–water partition coefficient (Wildman–Crippen LogP) is 2.52. The molecule has 0 saturated carbocycles. The van der Waals surface area contributed by atoms with E-state index in [9.17, 15) is 4.79 Å². The van der Waals surface area contributed by atoms with Crippen molar-refractivity contribution in [1.82, 2.24) is 5.32 Å². The number of unbranched alkanes of at least 4 members (excludes halogenated alkanes) is 2. The van der Waals surface area contributed by atoms with E-state index in [-0.39, 0.29) is 5.97 Å². The number of ether oxygens (including phenoxy) is 2. The van der Waals surface area contributed by atoms with E-state index in [1.165, 1.54) is 12.5 Å². The topological polar surface area (TPSA) is 47.6 Å². The molecule has 0 amide bonds. The summed E-state index contributed by atoms with van der Waals surface area (Å²) in [5.74, 6) is 0.687. The smallest absolute Gasteiger partial charge is 0.302 e. The van der Waals surface area contributed by atoms with Gasteiger partial charge in [-0.25, -0.2) is 0 Å². The third-order valence-electron chi connectivity index (χ3n) is 2.79. The average Bonchev–Trinajstić information content (AvgIpc) is 2.42. The minimum Gasteiger partial charge on any atom is -0.497 e. The maximum absolute atomic E-state index is 10.5. The molecule has 0 aliphatic heterocycles. The summed E-state index contributed by atoms with van der Waals surface area (Å²) >= 11 is 0. The second kappa shape index (κ2) is 9.39. The number of hydrogen-bond donors (Lipinski definition) is 1. The quantitative estimate of drug-likeness (QED) is 0.550. The van der Waals surface area contributed by atoms with Crippen LogP contribution in [-0.2, 0) is 16.1 Å². The molecule has 4 heteroatoms. The average molecular weight is 265 g/mol. The zero-order valence-electron chi connectivity index (χ0n) is 11.8. The Hall–Kier alpha value is -1.55. The minimum atomic E-state index is -0.197. The van der Waals surface area contributed by atoms with Gasteiger partial charge in [0.1, 0.15) is 5.75 Å². The highest BCUT2D eigenvalue weighted by Gasteiger charge is 1.95. The molecule has 0 unspecified atom stereocenters. The first-order valence-corrected chi connectivity index (χ1v) is 6.69. The Morgan fingerprint density at radius 3 is 2.53 bits per heavy atom. The lowest BCUT2D eigenvalue weighted by Crippen LogP contribution is -2.14. The molecule has 4 nitrogen and oxygen atoms in total. The van der Waals surface area contributed by atoms with Gasteiger partial charge in [-0.15, -0.1) is 0 Å². The fraction of sp³-hybridized carbons (Fsp3) is 0.533. The van der Waals surface area contributed by atoms with Crippen molar-refractivity contribution in [2.45, 2.75) is 32.7 Å². The summed E-state index contributed by atoms with van der Waals surface area (Å²) in [6.45, 7) is 3.82. The molecule has 0 atom stereocenters. The van der Waals surface area contributed by atoms with Gasteiger partial charge < -0.3 is 14.8 Å². The summed E-state index contributed by atoms with van der Waals surface area (Å²) in [5.41, 5.74) is 1.25. The summed E-state index contributed by atoms with van der Waals surface area (Å²) in [7, 11) is 1.67. The van der Waals surface area contributed by atoms with Gasteiger partial charge in [0.2, 0.25) is 0 Å². The highest BCUT2D eigenvalue weighted by Crippen LogP contribution is 2.10. The molecule has 0 spiro atoms. The molecule has 0 radical (unpaired) electrons. The lowest BCUT2D eigenvalue weighted by molar-refractivity contribution is -0.141. The fourth-order valence-electron chi connectivity index (χ4n) is 1.72. The van der Waals surface area contributed by atoms with Crippen LogP contribution in [0.4, 0.5) is 0 Å². The van der Waals surface area contributed by atoms with Gasteiger partial charge in [0.25, 0.3) is 0 Å². The Labute approximate surface area is 115 Å². The summed E-state index contributed by atoms with van der Waals surface area (Å²) in [6.07, 6.45) is 3.10. The van der Waals surface area contributed by atoms with E-state index in [4.69, 9.17) is 9.47 Å². The van der Waals surface area contributed by atoms with Gasteiger partial charge in [-0.3, -0.25) is 4.79 Å². The molecular weight excluding hydrogens is 242 g/mol. The lowest BCUT2D eigenvalue weighted by atomic mass is 10.2. The number of hydrogen-bond acceptors (Lipinski definition) is 4. The zero-order valence-corrected chi connectivity index (χ0v) is 11.8. The first-order chi connectivity index (χ1) is 9.22. The molecule has 0 aromatic heterocycles. The number of nitrogens with one attached hydrogen (secondary N) is 1. The van der Waals surface area contributed by atoms with E-state index in [0.29, 0.717) is 6.61 Å². The standard InChI is InChI=1S/C15H23NO3/c1-13(17)19-11-5-3-4-10-16-12-14-6-8-15(18-2)9-7-14/h6-9,16H,3-5,10-12H2,1-2H3. The number of carbonyl (C=O) groups is 1. The molecule has 0 saturated heterocycles. The van der Waals surface area contributed by atoms with Crippen LogP contribution >= 0.6 is 0 Å². The van der Waals surface area contributed by atoms with Gasteiger partial charge in [-0.1, -0.05) is 12.1 Å². The van der Waals surface area contributed by atoms with Crippen molar-refractivity contribution >= 4 is 5.97 Å². The van der Waals surface area contributed by atoms with E-state index in [0.717, 1.165) is 38.1 Å². The monoisotopic (exact) mass is 265 g/mol. The van der Waals surface area contributed by atoms with Crippen LogP contribution in [0, 0.1) is 0 Å². The van der Waals surface area contributed by atoms with E-state index in [1.807, 2.05) is 12.1 Å². The van der Waals surface area contributed by atoms with E-state index in [1.54, 1.807) is 7.11 Å². The van der Waals surface area contributed by atoms with Crippen molar-refractivity contribution in [1.29, 1.82) is 0 Å². The Morgan fingerprint density at radius 2 is 1.89 bits per heavy atom. The Morgan fingerprint density at radius 1 is 1.16 bits per heavy atom. The van der Waals surface area contributed by atoms with Crippen molar-refractivity contribution in [3.8, 4) is 5.75 Å². The summed E-state index contributed by atoms with van der Waals surface area (Å²) < 4.78 is 9.98. The van der Waals surface area contributed by atoms with Crippen LogP contribution in [0.25, 0.3) is 0 Å². The largest absolute Gasteiger partial charge is 0.497 e. The molecule has 0 heterocycles.